The first-order valence-corrected chi connectivity index (χ1v) is 5.26. The smallest absolute Gasteiger partial charge is 0.141 e. The lowest BCUT2D eigenvalue weighted by Gasteiger charge is -2.17. The number of hydrogen-bond donors (Lipinski definition) is 1. The van der Waals surface area contributed by atoms with Gasteiger partial charge in [-0.25, -0.2) is 0 Å². The van der Waals surface area contributed by atoms with Crippen LogP contribution in [0, 0.1) is 11.8 Å². The van der Waals surface area contributed by atoms with Gasteiger partial charge in [0.05, 0.1) is 0 Å². The van der Waals surface area contributed by atoms with Gasteiger partial charge in [0.2, 0.25) is 0 Å². The maximum atomic E-state index is 11.9. The molecule has 0 bridgehead atoms. The van der Waals surface area contributed by atoms with Crippen LogP contribution in [0.4, 0.5) is 0 Å². The largest absolute Gasteiger partial charge is 0.330 e. The van der Waals surface area contributed by atoms with E-state index in [1.807, 2.05) is 26.0 Å². The Hall–Kier alpha value is -1.22. The Balaban J connectivity index is 2.62. The number of carbonyl (C=O) groups is 1. The van der Waals surface area contributed by atoms with Gasteiger partial charge in [-0.15, -0.1) is 0 Å². The lowest BCUT2D eigenvalue weighted by molar-refractivity contribution is -0.123. The van der Waals surface area contributed by atoms with E-state index in [2.05, 4.69) is 4.98 Å². The summed E-state index contributed by atoms with van der Waals surface area (Å²) >= 11 is 0. The summed E-state index contributed by atoms with van der Waals surface area (Å²) in [5.74, 6) is 0.501. The van der Waals surface area contributed by atoms with E-state index in [0.29, 0.717) is 18.9 Å². The number of hydrogen-bond acceptors (Lipinski definition) is 3. The normalized spacial score (nSPS) is 12.8. The maximum absolute atomic E-state index is 11.9. The lowest BCUT2D eigenvalue weighted by atomic mass is 9.89. The molecule has 1 unspecified atom stereocenters. The summed E-state index contributed by atoms with van der Waals surface area (Å²) in [5, 5.41) is 0. The van der Waals surface area contributed by atoms with Gasteiger partial charge >= 0.3 is 0 Å². The van der Waals surface area contributed by atoms with Crippen molar-refractivity contribution in [1.29, 1.82) is 0 Å². The van der Waals surface area contributed by atoms with Gasteiger partial charge in [0, 0.05) is 31.3 Å². The molecular weight excluding hydrogens is 188 g/mol. The van der Waals surface area contributed by atoms with Crippen LogP contribution in [0.2, 0.25) is 0 Å². The first-order valence-electron chi connectivity index (χ1n) is 5.26. The molecule has 1 aromatic rings. The molecule has 0 aromatic carbocycles. The van der Waals surface area contributed by atoms with Crippen molar-refractivity contribution in [2.75, 3.05) is 6.54 Å². The van der Waals surface area contributed by atoms with Crippen molar-refractivity contribution in [1.82, 2.24) is 4.98 Å². The molecule has 0 saturated heterocycles. The number of pyridine rings is 1. The molecule has 1 heterocycles. The summed E-state index contributed by atoms with van der Waals surface area (Å²) in [4.78, 5) is 15.8. The van der Waals surface area contributed by atoms with Gasteiger partial charge in [-0.2, -0.15) is 0 Å². The zero-order valence-electron chi connectivity index (χ0n) is 9.31. The van der Waals surface area contributed by atoms with Crippen LogP contribution in [0.3, 0.4) is 0 Å². The van der Waals surface area contributed by atoms with Crippen molar-refractivity contribution >= 4 is 5.78 Å². The van der Waals surface area contributed by atoms with Gasteiger partial charge in [-0.3, -0.25) is 9.78 Å². The van der Waals surface area contributed by atoms with Crippen LogP contribution < -0.4 is 5.73 Å². The predicted molar refractivity (Wildman–Crippen MR) is 60.3 cm³/mol. The van der Waals surface area contributed by atoms with Crippen molar-refractivity contribution in [3.8, 4) is 0 Å². The van der Waals surface area contributed by atoms with E-state index in [1.165, 1.54) is 0 Å². The van der Waals surface area contributed by atoms with Crippen LogP contribution in [0.15, 0.2) is 24.5 Å². The molecule has 15 heavy (non-hydrogen) atoms. The van der Waals surface area contributed by atoms with Gasteiger partial charge in [0.1, 0.15) is 5.78 Å². The minimum atomic E-state index is -0.0295. The third-order valence-electron chi connectivity index (χ3n) is 2.60. The van der Waals surface area contributed by atoms with Crippen LogP contribution >= 0.6 is 0 Å². The highest BCUT2D eigenvalue weighted by atomic mass is 16.1. The molecule has 1 atom stereocenters. The molecule has 2 N–H and O–H groups in total. The summed E-state index contributed by atoms with van der Waals surface area (Å²) in [7, 11) is 0. The third-order valence-corrected chi connectivity index (χ3v) is 2.60. The Morgan fingerprint density at radius 2 is 2.00 bits per heavy atom. The first-order chi connectivity index (χ1) is 7.15. The van der Waals surface area contributed by atoms with Gasteiger partial charge in [0.25, 0.3) is 0 Å². The molecule has 3 nitrogen and oxygen atoms in total. The molecule has 0 saturated carbocycles. The summed E-state index contributed by atoms with van der Waals surface area (Å²) in [5.41, 5.74) is 6.60. The van der Waals surface area contributed by atoms with Crippen LogP contribution in [-0.4, -0.2) is 17.3 Å². The Labute approximate surface area is 90.7 Å². The summed E-state index contributed by atoms with van der Waals surface area (Å²) in [6, 6.07) is 3.73. The third kappa shape index (κ3) is 3.44. The van der Waals surface area contributed by atoms with Gasteiger partial charge in [-0.05, 0) is 23.6 Å². The lowest BCUT2D eigenvalue weighted by Crippen LogP contribution is -2.29. The zero-order chi connectivity index (χ0) is 11.3. The van der Waals surface area contributed by atoms with Crippen molar-refractivity contribution in [3.05, 3.63) is 30.1 Å². The van der Waals surface area contributed by atoms with E-state index >= 15 is 0 Å². The van der Waals surface area contributed by atoms with E-state index in [9.17, 15) is 4.79 Å². The van der Waals surface area contributed by atoms with Crippen molar-refractivity contribution < 1.29 is 4.79 Å². The molecule has 0 fully saturated rings. The highest BCUT2D eigenvalue weighted by molar-refractivity contribution is 5.83. The SMILES string of the molecule is CC(C)C(CN)C(=O)Cc1ccncc1. The van der Waals surface area contributed by atoms with E-state index in [-0.39, 0.29) is 11.7 Å². The summed E-state index contributed by atoms with van der Waals surface area (Å²) in [6.45, 7) is 4.49. The van der Waals surface area contributed by atoms with Gasteiger partial charge in [0.15, 0.2) is 0 Å². The number of Topliss-reactive ketones (excluding diaryl/α,β-unsaturated/α-hetero) is 1. The predicted octanol–water partition coefficient (Wildman–Crippen LogP) is 1.42. The fraction of sp³-hybridized carbons (Fsp3) is 0.500. The van der Waals surface area contributed by atoms with E-state index in [4.69, 9.17) is 5.73 Å². The number of carbonyl (C=O) groups excluding carboxylic acids is 1. The second-order valence-corrected chi connectivity index (χ2v) is 4.08. The minimum Gasteiger partial charge on any atom is -0.330 e. The number of ketones is 1. The Morgan fingerprint density at radius 3 is 2.47 bits per heavy atom. The van der Waals surface area contributed by atoms with Crippen molar-refractivity contribution in [2.24, 2.45) is 17.6 Å². The van der Waals surface area contributed by atoms with Gasteiger partial charge in [-0.1, -0.05) is 13.8 Å². The van der Waals surface area contributed by atoms with E-state index in [0.717, 1.165) is 5.56 Å². The quantitative estimate of drug-likeness (QED) is 0.792. The van der Waals surface area contributed by atoms with Crippen molar-refractivity contribution in [2.45, 2.75) is 20.3 Å². The number of aromatic nitrogens is 1. The Morgan fingerprint density at radius 1 is 1.40 bits per heavy atom. The standard InChI is InChI=1S/C12H18N2O/c1-9(2)11(8-13)12(15)7-10-3-5-14-6-4-10/h3-6,9,11H,7-8,13H2,1-2H3. The second kappa shape index (κ2) is 5.61. The Kier molecular flexibility index (Phi) is 4.43. The zero-order valence-corrected chi connectivity index (χ0v) is 9.31. The molecule has 82 valence electrons. The fourth-order valence-corrected chi connectivity index (χ4v) is 1.61. The molecular formula is C12H18N2O. The fourth-order valence-electron chi connectivity index (χ4n) is 1.61. The van der Waals surface area contributed by atoms with Crippen LogP contribution in [-0.2, 0) is 11.2 Å². The molecule has 1 rings (SSSR count). The topological polar surface area (TPSA) is 56.0 Å². The first kappa shape index (κ1) is 11.9. The Bertz CT molecular complexity index is 309. The molecule has 0 radical (unpaired) electrons. The maximum Gasteiger partial charge on any atom is 0.141 e. The monoisotopic (exact) mass is 206 g/mol. The van der Waals surface area contributed by atoms with Crippen LogP contribution in [0.25, 0.3) is 0 Å². The molecule has 0 aliphatic heterocycles. The van der Waals surface area contributed by atoms with Crippen LogP contribution in [0.5, 0.6) is 0 Å². The summed E-state index contributed by atoms with van der Waals surface area (Å²) < 4.78 is 0. The highest BCUT2D eigenvalue weighted by Crippen LogP contribution is 2.13. The van der Waals surface area contributed by atoms with E-state index < -0.39 is 0 Å². The average molecular weight is 206 g/mol. The number of nitrogens with two attached hydrogens (primary N) is 1. The molecule has 3 heteroatoms. The van der Waals surface area contributed by atoms with E-state index in [1.54, 1.807) is 12.4 Å². The van der Waals surface area contributed by atoms with Crippen LogP contribution in [0.1, 0.15) is 19.4 Å². The molecule has 0 amide bonds. The van der Waals surface area contributed by atoms with Gasteiger partial charge < -0.3 is 5.73 Å². The summed E-state index contributed by atoms with van der Waals surface area (Å²) in [6.07, 6.45) is 3.87. The minimum absolute atomic E-state index is 0.0295. The molecule has 0 spiro atoms. The molecule has 0 aliphatic rings. The number of rotatable bonds is 5. The molecule has 0 aliphatic carbocycles. The number of nitrogens with zero attached hydrogens (tertiary/aromatic N) is 1. The average Bonchev–Trinajstić information content (AvgIpc) is 2.19. The second-order valence-electron chi connectivity index (χ2n) is 4.08. The highest BCUT2D eigenvalue weighted by Gasteiger charge is 2.20. The van der Waals surface area contributed by atoms with Crippen molar-refractivity contribution in [3.63, 3.8) is 0 Å². The molecule has 1 aromatic heterocycles.